The van der Waals surface area contributed by atoms with Crippen LogP contribution in [0.3, 0.4) is 0 Å². The molecule has 1 aliphatic heterocycles. The van der Waals surface area contributed by atoms with E-state index in [-0.39, 0.29) is 75.2 Å². The van der Waals surface area contributed by atoms with Crippen LogP contribution in [-0.4, -0.2) is 206 Å². The van der Waals surface area contributed by atoms with Crippen LogP contribution in [0.15, 0.2) is 120 Å². The summed E-state index contributed by atoms with van der Waals surface area (Å²) in [7, 11) is 1.24. The largest absolute Gasteiger partial charge is 0.508 e. The quantitative estimate of drug-likeness (QED) is 0.0110. The molecule has 0 radical (unpaired) electrons. The van der Waals surface area contributed by atoms with E-state index in [1.54, 1.807) is 72.8 Å². The van der Waals surface area contributed by atoms with Gasteiger partial charge in [-0.15, -0.1) is 0 Å². The summed E-state index contributed by atoms with van der Waals surface area (Å²) in [6.07, 6.45) is -0.949. The number of phenolic OH excluding ortho intramolecular Hbond substituents is 1. The highest BCUT2D eigenvalue weighted by Gasteiger charge is 2.41. The first-order chi connectivity index (χ1) is 53.8. The Morgan fingerprint density at radius 3 is 1.80 bits per heavy atom. The molecule has 1 unspecified atom stereocenters. The Kier molecular flexibility index (Phi) is 34.0. The van der Waals surface area contributed by atoms with Crippen LogP contribution in [-0.2, 0) is 78.4 Å². The minimum absolute atomic E-state index is 0.0155. The summed E-state index contributed by atoms with van der Waals surface area (Å²) < 4.78 is 0. The van der Waals surface area contributed by atoms with Gasteiger partial charge in [0.05, 0.1) is 6.61 Å². The Bertz CT molecular complexity index is 4330. The molecule has 33 nitrogen and oxygen atoms in total. The second-order valence-corrected chi connectivity index (χ2v) is 29.4. The topological polar surface area (TPSA) is 480 Å². The lowest BCUT2D eigenvalue weighted by Gasteiger charge is -2.33. The molecule has 5 aromatic carbocycles. The first-order valence-corrected chi connectivity index (χ1v) is 38.2. The second-order valence-electron chi connectivity index (χ2n) is 29.0. The molecule has 2 heterocycles. The number of nitrogens with two attached hydrogens (primary N) is 1. The summed E-state index contributed by atoms with van der Waals surface area (Å²) in [6.45, 7) is 16.1. The van der Waals surface area contributed by atoms with Crippen molar-refractivity contribution in [2.24, 2.45) is 16.8 Å². The number of aliphatic hydroxyl groups is 1. The highest BCUT2D eigenvalue weighted by Crippen LogP contribution is 2.26. The van der Waals surface area contributed by atoms with E-state index in [0.717, 1.165) is 17.2 Å². The summed E-state index contributed by atoms with van der Waals surface area (Å²) in [5.74, 6) is -8.82. The van der Waals surface area contributed by atoms with Gasteiger partial charge < -0.3 is 84.2 Å². The van der Waals surface area contributed by atoms with E-state index in [1.165, 1.54) is 43.1 Å². The molecule has 11 amide bonds. The fraction of sp³-hybridized carbons (Fsp3) is 0.468. The Balaban J connectivity index is 1.25. The lowest BCUT2D eigenvalue weighted by molar-refractivity contribution is -0.144. The third-order valence-electron chi connectivity index (χ3n) is 18.7. The number of halogens is 1. The molecule has 1 saturated heterocycles. The number of anilines is 2. The number of aliphatic hydroxyl groups excluding tert-OH is 1. The maximum atomic E-state index is 15.7. The number of amides is 11. The highest BCUT2D eigenvalue weighted by atomic mass is 35.5. The number of aromatic hydroxyl groups is 1. The zero-order valence-electron chi connectivity index (χ0n) is 65.3. The standard InChI is InChI=1S/C79H105ClN20O13/c1-11-83-78-94-67(95-79(96-78)85-46(6)7)53-30-24-49(25-31-53)39-60(70(106)89-59(38-44(2)3)69(105)88-58(22-14-15-36-84-45(4)5)77(113)100-37-17-23-64(100)73(109)86-47(8)66(81)104)91-74(110)65(41-51-28-34-56(103)35-29-51)99(10)76(112)63(43-101)93-72(108)62(42-54-20-16-19-52-18-12-13-21-57(52)54)90-71(107)61(40-50-26-32-55(80)33-27-50)92-75(111)68(97-98-82)87-48(9)102/h12-13,16,18-21,24-35,44-47,58-65,68,84,101,103H,11,14-15,17,22-23,36-43H2,1-10H3,(H2,81,104)(H,86,109)(H,87,102)(H,88,105)(H,89,106)(H,90,107)(H,91,110)(H,92,111)(H,93,108)(H2,83,85,94,95,96)/t47-,58-,59-,60-,61-,62-,63-,64-,65-,68?/m0/s1. The number of aromatic nitrogens is 3. The van der Waals surface area contributed by atoms with Gasteiger partial charge in [-0.25, -0.2) is 0 Å². The lowest BCUT2D eigenvalue weighted by atomic mass is 9.97. The molecule has 34 heteroatoms. The maximum absolute atomic E-state index is 15.7. The average Bonchev–Trinajstić information content (AvgIpc) is 1.81. The molecule has 0 saturated carbocycles. The molecule has 606 valence electrons. The van der Waals surface area contributed by atoms with Crippen molar-refractivity contribution in [3.8, 4) is 17.1 Å². The summed E-state index contributed by atoms with van der Waals surface area (Å²) in [6, 6.07) is 18.7. The van der Waals surface area contributed by atoms with Crippen LogP contribution >= 0.6 is 11.6 Å². The van der Waals surface area contributed by atoms with Gasteiger partial charge in [0, 0.05) is 80.3 Å². The second kappa shape index (κ2) is 43.3. The zero-order valence-corrected chi connectivity index (χ0v) is 66.0. The normalized spacial score (nSPS) is 15.0. The van der Waals surface area contributed by atoms with Gasteiger partial charge in [-0.1, -0.05) is 135 Å². The van der Waals surface area contributed by atoms with Crippen molar-refractivity contribution in [2.45, 2.75) is 199 Å². The smallest absolute Gasteiger partial charge is 0.249 e. The monoisotopic (exact) mass is 1580 g/mol. The minimum atomic E-state index is -1.86. The molecule has 6 aromatic rings. The van der Waals surface area contributed by atoms with E-state index >= 15 is 24.0 Å². The van der Waals surface area contributed by atoms with E-state index in [2.05, 4.69) is 83.5 Å². The predicted molar refractivity (Wildman–Crippen MR) is 426 cm³/mol. The van der Waals surface area contributed by atoms with Crippen molar-refractivity contribution in [3.63, 3.8) is 0 Å². The number of carbonyl (C=O) groups is 11. The number of rotatable bonds is 42. The van der Waals surface area contributed by atoms with E-state index in [1.807, 2.05) is 66.7 Å². The van der Waals surface area contributed by atoms with Crippen LogP contribution in [0.5, 0.6) is 5.75 Å². The van der Waals surface area contributed by atoms with Crippen LogP contribution < -0.4 is 64.2 Å². The Morgan fingerprint density at radius 2 is 1.19 bits per heavy atom. The summed E-state index contributed by atoms with van der Waals surface area (Å²) in [4.78, 5) is 177. The van der Waals surface area contributed by atoms with Crippen LogP contribution in [0.2, 0.25) is 5.02 Å². The number of nitrogens with one attached hydrogen (secondary N) is 11. The van der Waals surface area contributed by atoms with Gasteiger partial charge in [-0.05, 0) is 142 Å². The van der Waals surface area contributed by atoms with E-state index in [4.69, 9.17) is 17.3 Å². The fourth-order valence-electron chi connectivity index (χ4n) is 12.8. The van der Waals surface area contributed by atoms with Gasteiger partial charge in [-0.3, -0.25) is 52.7 Å². The number of phenols is 1. The number of unbranched alkanes of at least 4 members (excludes halogenated alkanes) is 1. The van der Waals surface area contributed by atoms with Crippen molar-refractivity contribution in [3.05, 3.63) is 153 Å². The zero-order chi connectivity index (χ0) is 82.6. The first-order valence-electron chi connectivity index (χ1n) is 37.8. The number of likely N-dealkylation sites (tertiary alicyclic amines) is 1. The number of benzene rings is 5. The number of likely N-dealkylation sites (N-methyl/N-ethyl adjacent to an activating group) is 1. The van der Waals surface area contributed by atoms with Gasteiger partial charge >= 0.3 is 0 Å². The average molecular weight is 1580 g/mol. The van der Waals surface area contributed by atoms with Gasteiger partial charge in [0.25, 0.3) is 0 Å². The van der Waals surface area contributed by atoms with Crippen molar-refractivity contribution < 1.29 is 63.0 Å². The minimum Gasteiger partial charge on any atom is -0.508 e. The molecule has 1 aliphatic rings. The molecule has 113 heavy (non-hydrogen) atoms. The fourth-order valence-corrected chi connectivity index (χ4v) is 12.9. The Labute approximate surface area is 661 Å². The van der Waals surface area contributed by atoms with E-state index in [0.29, 0.717) is 88.3 Å². The molecule has 0 aliphatic carbocycles. The van der Waals surface area contributed by atoms with Crippen LogP contribution in [0, 0.1) is 5.92 Å². The predicted octanol–water partition coefficient (Wildman–Crippen LogP) is 4.27. The maximum Gasteiger partial charge on any atom is 0.249 e. The van der Waals surface area contributed by atoms with Crippen molar-refractivity contribution in [2.75, 3.05) is 43.9 Å². The molecule has 0 spiro atoms. The summed E-state index contributed by atoms with van der Waals surface area (Å²) in [5, 5.41) is 57.9. The Morgan fingerprint density at radius 1 is 0.637 bits per heavy atom. The third-order valence-corrected chi connectivity index (χ3v) is 18.9. The third kappa shape index (κ3) is 27.1. The van der Waals surface area contributed by atoms with Crippen LogP contribution in [0.4, 0.5) is 11.9 Å². The molecule has 7 rings (SSSR count). The molecular weight excluding hydrogens is 1470 g/mol. The number of carbonyl (C=O) groups excluding carboxylic acids is 11. The van der Waals surface area contributed by atoms with Crippen molar-refractivity contribution in [1.29, 1.82) is 0 Å². The number of hydrogen-bond donors (Lipinski definition) is 14. The number of fused-ring (bicyclic) bond motifs is 1. The number of primary amides is 1. The summed E-state index contributed by atoms with van der Waals surface area (Å²) in [5.41, 5.74) is 17.2. The SMILES string of the molecule is CCNc1nc(NC(C)C)nc(-c2ccc(C[C@H](NC(=O)[C@H](Cc3ccc(O)cc3)N(C)C(=O)[C@H](CO)NC(=O)[C@H](Cc3cccc4ccccc34)NC(=O)[C@H](Cc3ccc(Cl)cc3)NC(=O)C(N=[N+]=[N-])NC(C)=O)C(=O)N[C@@H](CC(C)C)C(=O)N[C@@H](CCCCNC(C)C)C(=O)N3CCC[C@H]3C(=O)N[C@@H](C)C(N)=O)cc2)n1. The van der Waals surface area contributed by atoms with Gasteiger partial charge in [0.15, 0.2) is 12.0 Å². The van der Waals surface area contributed by atoms with Crippen molar-refractivity contribution >= 4 is 99.2 Å². The number of hydrogen-bond acceptors (Lipinski definition) is 20. The number of azide groups is 1. The molecule has 15 N–H and O–H groups in total. The van der Waals surface area contributed by atoms with E-state index < -0.39 is 132 Å². The Hall–Kier alpha value is -11.5. The number of nitrogens with zero attached hydrogens (tertiary/aromatic N) is 8. The molecule has 1 fully saturated rings. The molecule has 1 aromatic heterocycles. The van der Waals surface area contributed by atoms with Gasteiger partial charge in [-0.2, -0.15) is 15.0 Å². The van der Waals surface area contributed by atoms with Crippen LogP contribution in [0.25, 0.3) is 32.6 Å². The van der Waals surface area contributed by atoms with E-state index in [9.17, 15) is 44.5 Å². The molecular formula is C79H105ClN20O13. The van der Waals surface area contributed by atoms with Gasteiger partial charge in [0.1, 0.15) is 60.1 Å². The first kappa shape index (κ1) is 88.7. The highest BCUT2D eigenvalue weighted by molar-refractivity contribution is 6.30. The summed E-state index contributed by atoms with van der Waals surface area (Å²) >= 11 is 6.21. The lowest BCUT2D eigenvalue weighted by Crippen LogP contribution is -2.62. The molecule has 10 atom stereocenters. The molecule has 0 bridgehead atoms. The van der Waals surface area contributed by atoms with Crippen LogP contribution in [0.1, 0.15) is 123 Å². The van der Waals surface area contributed by atoms with Gasteiger partial charge in [0.2, 0.25) is 76.9 Å². The van der Waals surface area contributed by atoms with Crippen molar-refractivity contribution in [1.82, 2.24) is 72.6 Å².